The van der Waals surface area contributed by atoms with Crippen molar-refractivity contribution in [3.05, 3.63) is 59.7 Å². The van der Waals surface area contributed by atoms with E-state index in [1.54, 1.807) is 32.4 Å². The molecule has 0 spiro atoms. The van der Waals surface area contributed by atoms with Crippen LogP contribution in [0.4, 0.5) is 5.69 Å². The van der Waals surface area contributed by atoms with E-state index in [1.165, 1.54) is 6.92 Å². The first-order valence-electron chi connectivity index (χ1n) is 9.62. The van der Waals surface area contributed by atoms with Gasteiger partial charge in [0.25, 0.3) is 0 Å². The van der Waals surface area contributed by atoms with Gasteiger partial charge in [0.15, 0.2) is 11.2 Å². The van der Waals surface area contributed by atoms with Crippen molar-refractivity contribution in [3.8, 4) is 23.6 Å². The van der Waals surface area contributed by atoms with Crippen LogP contribution in [-0.4, -0.2) is 32.1 Å². The molecule has 0 aromatic heterocycles. The highest BCUT2D eigenvalue weighted by Crippen LogP contribution is 2.55. The summed E-state index contributed by atoms with van der Waals surface area (Å²) in [6.45, 7) is 1.51. The van der Waals surface area contributed by atoms with Crippen LogP contribution in [0.2, 0.25) is 0 Å². The molecule has 0 radical (unpaired) electrons. The zero-order valence-corrected chi connectivity index (χ0v) is 17.0. The van der Waals surface area contributed by atoms with Crippen LogP contribution < -0.4 is 14.4 Å². The zero-order valence-electron chi connectivity index (χ0n) is 17.0. The molecule has 0 unspecified atom stereocenters. The number of hydrogen-bond acceptors (Lipinski definition) is 6. The smallest absolute Gasteiger partial charge is 0.176 e. The molecule has 0 aliphatic carbocycles. The Balaban J connectivity index is 2.00. The first kappa shape index (κ1) is 19.5. The summed E-state index contributed by atoms with van der Waals surface area (Å²) in [5, 5.41) is 20.6. The lowest BCUT2D eigenvalue weighted by Gasteiger charge is -2.35. The minimum Gasteiger partial charge on any atom is -0.497 e. The van der Waals surface area contributed by atoms with Crippen molar-refractivity contribution in [2.24, 2.45) is 5.41 Å². The van der Waals surface area contributed by atoms with Gasteiger partial charge in [0.1, 0.15) is 11.5 Å². The molecule has 6 nitrogen and oxygen atoms in total. The Morgan fingerprint density at radius 2 is 1.70 bits per heavy atom. The number of Topliss-reactive ketones (excluding diaryl/α,β-unsaturated/α-hetero) is 1. The molecular formula is C24H21N3O3. The fourth-order valence-electron chi connectivity index (χ4n) is 4.77. The summed E-state index contributed by atoms with van der Waals surface area (Å²) in [5.41, 5.74) is 0.999. The van der Waals surface area contributed by atoms with Crippen molar-refractivity contribution < 1.29 is 14.3 Å². The number of ketones is 1. The number of anilines is 1. The molecule has 30 heavy (non-hydrogen) atoms. The molecule has 2 aromatic rings. The number of carbonyl (C=O) groups is 1. The monoisotopic (exact) mass is 399 g/mol. The predicted octanol–water partition coefficient (Wildman–Crippen LogP) is 3.69. The molecule has 1 saturated heterocycles. The van der Waals surface area contributed by atoms with Crippen LogP contribution in [0.25, 0.3) is 6.08 Å². The normalized spacial score (nSPS) is 23.0. The highest BCUT2D eigenvalue weighted by atomic mass is 16.5. The number of hydrogen-bond donors (Lipinski definition) is 0. The fourth-order valence-corrected chi connectivity index (χ4v) is 4.77. The van der Waals surface area contributed by atoms with Gasteiger partial charge in [-0.05, 0) is 36.2 Å². The second-order valence-corrected chi connectivity index (χ2v) is 7.54. The van der Waals surface area contributed by atoms with Crippen LogP contribution >= 0.6 is 0 Å². The van der Waals surface area contributed by atoms with E-state index in [0.717, 1.165) is 11.3 Å². The quantitative estimate of drug-likeness (QED) is 0.779. The molecular weight excluding hydrogens is 378 g/mol. The molecule has 2 heterocycles. The van der Waals surface area contributed by atoms with Crippen LogP contribution in [0.1, 0.15) is 24.0 Å². The number of ether oxygens (including phenoxy) is 2. The maximum Gasteiger partial charge on any atom is 0.176 e. The summed E-state index contributed by atoms with van der Waals surface area (Å²) >= 11 is 0. The van der Waals surface area contributed by atoms with E-state index in [9.17, 15) is 15.3 Å². The Morgan fingerprint density at radius 1 is 1.07 bits per heavy atom. The van der Waals surface area contributed by atoms with Gasteiger partial charge in [-0.2, -0.15) is 10.5 Å². The molecule has 2 aromatic carbocycles. The van der Waals surface area contributed by atoms with Crippen molar-refractivity contribution in [2.45, 2.75) is 24.9 Å². The summed E-state index contributed by atoms with van der Waals surface area (Å²) in [6.07, 6.45) is 3.79. The molecule has 0 N–H and O–H groups in total. The Labute approximate surface area is 175 Å². The molecule has 1 fully saturated rings. The highest BCUT2D eigenvalue weighted by Gasteiger charge is 2.62. The van der Waals surface area contributed by atoms with Crippen LogP contribution in [-0.2, 0) is 4.79 Å². The third-order valence-corrected chi connectivity index (χ3v) is 6.06. The lowest BCUT2D eigenvalue weighted by atomic mass is 9.69. The van der Waals surface area contributed by atoms with E-state index in [0.29, 0.717) is 17.1 Å². The summed E-state index contributed by atoms with van der Waals surface area (Å²) in [7, 11) is 3.08. The van der Waals surface area contributed by atoms with E-state index in [1.807, 2.05) is 41.3 Å². The maximum atomic E-state index is 13.0. The van der Waals surface area contributed by atoms with E-state index in [-0.39, 0.29) is 5.78 Å². The number of carbonyl (C=O) groups excluding carboxylic acids is 1. The summed E-state index contributed by atoms with van der Waals surface area (Å²) in [5.74, 6) is 0.286. The summed E-state index contributed by atoms with van der Waals surface area (Å²) < 4.78 is 10.8. The second kappa shape index (κ2) is 7.24. The second-order valence-electron chi connectivity index (χ2n) is 7.54. The Kier molecular flexibility index (Phi) is 4.72. The van der Waals surface area contributed by atoms with Gasteiger partial charge in [-0.3, -0.25) is 4.79 Å². The van der Waals surface area contributed by atoms with Crippen LogP contribution in [0.15, 0.2) is 48.5 Å². The lowest BCUT2D eigenvalue weighted by Crippen LogP contribution is -2.43. The third-order valence-electron chi connectivity index (χ3n) is 6.06. The number of nitrogens with zero attached hydrogens (tertiary/aromatic N) is 3. The molecule has 2 aliphatic heterocycles. The number of methoxy groups -OCH3 is 2. The van der Waals surface area contributed by atoms with Crippen molar-refractivity contribution in [3.63, 3.8) is 0 Å². The minimum absolute atomic E-state index is 0.107. The molecule has 2 aliphatic rings. The molecule has 0 bridgehead atoms. The summed E-state index contributed by atoms with van der Waals surface area (Å²) in [6, 6.07) is 16.3. The average Bonchev–Trinajstić information content (AvgIpc) is 3.10. The van der Waals surface area contributed by atoms with Gasteiger partial charge in [0.05, 0.1) is 38.4 Å². The van der Waals surface area contributed by atoms with Gasteiger partial charge in [0.2, 0.25) is 0 Å². The molecule has 0 amide bonds. The van der Waals surface area contributed by atoms with Gasteiger partial charge in [-0.25, -0.2) is 0 Å². The Morgan fingerprint density at radius 3 is 2.27 bits per heavy atom. The van der Waals surface area contributed by atoms with E-state index >= 15 is 0 Å². The molecule has 3 atom stereocenters. The minimum atomic E-state index is -1.46. The first-order valence-corrected chi connectivity index (χ1v) is 9.62. The Hall–Kier alpha value is -3.77. The standard InChI is InChI=1S/C24H21N3O3/c1-15(28)23-22(17-10-18(29-2)12-19(11-17)30-3)24(13-25,14-26)21-9-8-16-6-4-5-7-20(16)27(21)23/h4-12,21-23H,1-3H3/t21-,22-,23+/m1/s1. The number of rotatable bonds is 4. The predicted molar refractivity (Wildman–Crippen MR) is 112 cm³/mol. The maximum absolute atomic E-state index is 13.0. The van der Waals surface area contributed by atoms with Crippen LogP contribution in [0.5, 0.6) is 11.5 Å². The van der Waals surface area contributed by atoms with E-state index in [4.69, 9.17) is 9.47 Å². The number of para-hydroxylation sites is 1. The van der Waals surface area contributed by atoms with E-state index < -0.39 is 23.4 Å². The molecule has 6 heteroatoms. The van der Waals surface area contributed by atoms with Crippen molar-refractivity contribution in [2.75, 3.05) is 19.1 Å². The third kappa shape index (κ3) is 2.65. The summed E-state index contributed by atoms with van der Waals surface area (Å²) in [4.78, 5) is 14.9. The van der Waals surface area contributed by atoms with Crippen LogP contribution in [0.3, 0.4) is 0 Å². The fraction of sp³-hybridized carbons (Fsp3) is 0.292. The van der Waals surface area contributed by atoms with Crippen LogP contribution in [0, 0.1) is 28.1 Å². The lowest BCUT2D eigenvalue weighted by molar-refractivity contribution is -0.118. The Bertz CT molecular complexity index is 1090. The van der Waals surface area contributed by atoms with Gasteiger partial charge in [-0.1, -0.05) is 30.4 Å². The van der Waals surface area contributed by atoms with Gasteiger partial charge in [0, 0.05) is 17.7 Å². The van der Waals surface area contributed by atoms with Crippen molar-refractivity contribution in [1.82, 2.24) is 0 Å². The SMILES string of the molecule is COc1cc(OC)cc([C@@H]2[C@H](C(C)=O)N3c4ccccc4C=C[C@@H]3C2(C#N)C#N)c1. The highest BCUT2D eigenvalue weighted by molar-refractivity contribution is 5.91. The van der Waals surface area contributed by atoms with Gasteiger partial charge < -0.3 is 14.4 Å². The molecule has 0 saturated carbocycles. The largest absolute Gasteiger partial charge is 0.497 e. The zero-order chi connectivity index (χ0) is 21.5. The van der Waals surface area contributed by atoms with Crippen molar-refractivity contribution in [1.29, 1.82) is 10.5 Å². The number of fused-ring (bicyclic) bond motifs is 3. The molecule has 4 rings (SSSR count). The van der Waals surface area contributed by atoms with Gasteiger partial charge >= 0.3 is 0 Å². The molecule has 150 valence electrons. The average molecular weight is 399 g/mol. The van der Waals surface area contributed by atoms with Gasteiger partial charge in [-0.15, -0.1) is 0 Å². The number of nitriles is 2. The topological polar surface area (TPSA) is 86.3 Å². The number of benzene rings is 2. The van der Waals surface area contributed by atoms with Crippen molar-refractivity contribution >= 4 is 17.5 Å². The first-order chi connectivity index (χ1) is 14.5. The van der Waals surface area contributed by atoms with E-state index in [2.05, 4.69) is 12.1 Å².